The van der Waals surface area contributed by atoms with Gasteiger partial charge in [-0.3, -0.25) is 14.9 Å². The number of carbonyl (C=O) groups excluding carboxylic acids is 3. The van der Waals surface area contributed by atoms with E-state index < -0.39 is 6.09 Å². The van der Waals surface area contributed by atoms with E-state index in [1.54, 1.807) is 17.8 Å². The molecule has 1 amide bonds. The number of methoxy groups -OCH3 is 1. The highest BCUT2D eigenvalue weighted by molar-refractivity contribution is 7.99. The smallest absolute Gasteiger partial charge is 0.413 e. The molecule has 0 aliphatic heterocycles. The Kier molecular flexibility index (Phi) is 8.69. The van der Waals surface area contributed by atoms with Crippen molar-refractivity contribution >= 4 is 46.4 Å². The van der Waals surface area contributed by atoms with Crippen molar-refractivity contribution in [2.24, 2.45) is 0 Å². The number of H-pyrrole nitrogens is 1. The zero-order chi connectivity index (χ0) is 26.9. The highest BCUT2D eigenvalue weighted by Crippen LogP contribution is 2.30. The van der Waals surface area contributed by atoms with Gasteiger partial charge in [-0.15, -0.1) is 6.58 Å². The normalized spacial score (nSPS) is 13.2. The molecule has 1 heterocycles. The van der Waals surface area contributed by atoms with Gasteiger partial charge >= 0.3 is 6.09 Å². The number of ether oxygens (including phenoxy) is 1. The summed E-state index contributed by atoms with van der Waals surface area (Å²) in [6.07, 6.45) is 5.13. The molecule has 0 saturated carbocycles. The zero-order valence-corrected chi connectivity index (χ0v) is 21.4. The van der Waals surface area contributed by atoms with E-state index in [9.17, 15) is 14.4 Å². The third-order valence-electron chi connectivity index (χ3n) is 5.55. The van der Waals surface area contributed by atoms with Gasteiger partial charge in [0.1, 0.15) is 0 Å². The lowest BCUT2D eigenvalue weighted by molar-refractivity contribution is -0.114. The number of hydrogen-bond donors (Lipinski definition) is 2. The topological polar surface area (TPSA) is 101 Å². The number of hydrogen-bond acceptors (Lipinski definition) is 6. The molecule has 190 valence electrons. The van der Waals surface area contributed by atoms with E-state index in [0.717, 1.165) is 21.5 Å². The Bertz CT molecular complexity index is 1530. The first-order valence-corrected chi connectivity index (χ1v) is 12.5. The van der Waals surface area contributed by atoms with Gasteiger partial charge in [0.2, 0.25) is 5.95 Å². The van der Waals surface area contributed by atoms with Crippen molar-refractivity contribution in [3.05, 3.63) is 121 Å². The summed E-state index contributed by atoms with van der Waals surface area (Å²) in [5.74, 6) is -0.128. The number of rotatable bonds is 6. The summed E-state index contributed by atoms with van der Waals surface area (Å²) in [6.45, 7) is 3.74. The fourth-order valence-corrected chi connectivity index (χ4v) is 4.63. The monoisotopic (exact) mass is 523 g/mol. The number of allylic oxidation sites excluding steroid dienone is 5. The summed E-state index contributed by atoms with van der Waals surface area (Å²) >= 11 is 1.67. The molecule has 38 heavy (non-hydrogen) atoms. The summed E-state index contributed by atoms with van der Waals surface area (Å²) in [4.78, 5) is 43.8. The molecule has 1 atom stereocenters. The van der Waals surface area contributed by atoms with Crippen molar-refractivity contribution in [1.29, 1.82) is 0 Å². The number of ketones is 2. The van der Waals surface area contributed by atoms with Crippen LogP contribution >= 0.6 is 11.8 Å². The number of carbonyl (C=O) groups is 3. The number of benzene rings is 3. The highest BCUT2D eigenvalue weighted by atomic mass is 32.2. The van der Waals surface area contributed by atoms with E-state index in [1.165, 1.54) is 30.2 Å². The van der Waals surface area contributed by atoms with Crippen LogP contribution in [-0.4, -0.2) is 34.7 Å². The maximum absolute atomic E-state index is 11.8. The van der Waals surface area contributed by atoms with Gasteiger partial charge in [0.15, 0.2) is 11.6 Å². The first-order chi connectivity index (χ1) is 18.5. The number of aromatic amines is 1. The third kappa shape index (κ3) is 6.74. The van der Waals surface area contributed by atoms with Gasteiger partial charge in [0.05, 0.1) is 18.1 Å². The maximum Gasteiger partial charge on any atom is 0.413 e. The minimum absolute atomic E-state index is 0.127. The molecular formula is C30H25N3O4S. The summed E-state index contributed by atoms with van der Waals surface area (Å²) in [5, 5.41) is 2.52. The number of aromatic nitrogens is 2. The van der Waals surface area contributed by atoms with Crippen LogP contribution in [0.3, 0.4) is 0 Å². The molecule has 2 N–H and O–H groups in total. The molecule has 0 radical (unpaired) electrons. The Balaban J connectivity index is 0.000000181. The average molecular weight is 524 g/mol. The fraction of sp³-hybridized carbons (Fsp3) is 0.0667. The van der Waals surface area contributed by atoms with Crippen molar-refractivity contribution in [2.75, 3.05) is 12.4 Å². The molecule has 0 saturated heterocycles. The van der Waals surface area contributed by atoms with Gasteiger partial charge in [-0.1, -0.05) is 66.4 Å². The molecule has 1 aromatic heterocycles. The Morgan fingerprint density at radius 1 is 1.00 bits per heavy atom. The van der Waals surface area contributed by atoms with E-state index in [0.29, 0.717) is 11.5 Å². The second-order valence-electron chi connectivity index (χ2n) is 8.12. The lowest BCUT2D eigenvalue weighted by Gasteiger charge is -2.16. The van der Waals surface area contributed by atoms with Gasteiger partial charge in [-0.2, -0.15) is 0 Å². The highest BCUT2D eigenvalue weighted by Gasteiger charge is 2.21. The lowest BCUT2D eigenvalue weighted by Crippen LogP contribution is -2.13. The van der Waals surface area contributed by atoms with Crippen LogP contribution in [0.2, 0.25) is 0 Å². The van der Waals surface area contributed by atoms with Crippen LogP contribution in [0.1, 0.15) is 11.5 Å². The maximum atomic E-state index is 11.8. The number of nitrogens with one attached hydrogen (secondary N) is 2. The van der Waals surface area contributed by atoms with Crippen molar-refractivity contribution in [2.45, 2.75) is 15.7 Å². The molecule has 1 unspecified atom stereocenters. The van der Waals surface area contributed by atoms with E-state index in [2.05, 4.69) is 38.7 Å². The standard InChI is InChI=1S/C15H13N3O2S.C15H12O2/c1-20-15(19)18-14-16-12-8-7-11(9-13(12)17-14)21-10-5-3-2-4-6-10;1-2-13(11-6-4-3-5-7-11)14-10-12(16)8-9-15(14)17/h2-9H,1H3,(H2,16,17,18,19);2-10,13H,1H2. The van der Waals surface area contributed by atoms with E-state index in [4.69, 9.17) is 0 Å². The summed E-state index contributed by atoms with van der Waals surface area (Å²) in [6, 6.07) is 25.6. The molecule has 8 heteroatoms. The first-order valence-electron chi connectivity index (χ1n) is 11.7. The van der Waals surface area contributed by atoms with E-state index >= 15 is 0 Å². The second kappa shape index (κ2) is 12.5. The van der Waals surface area contributed by atoms with Crippen LogP contribution in [0.5, 0.6) is 0 Å². The summed E-state index contributed by atoms with van der Waals surface area (Å²) in [7, 11) is 1.31. The second-order valence-corrected chi connectivity index (χ2v) is 9.27. The minimum atomic E-state index is -0.548. The molecular weight excluding hydrogens is 498 g/mol. The summed E-state index contributed by atoms with van der Waals surface area (Å²) < 4.78 is 4.54. The predicted molar refractivity (Wildman–Crippen MR) is 149 cm³/mol. The van der Waals surface area contributed by atoms with Gasteiger partial charge in [0.25, 0.3) is 0 Å². The van der Waals surface area contributed by atoms with Crippen molar-refractivity contribution in [3.63, 3.8) is 0 Å². The molecule has 4 aromatic rings. The van der Waals surface area contributed by atoms with Gasteiger partial charge in [0, 0.05) is 21.3 Å². The first kappa shape index (κ1) is 26.4. The van der Waals surface area contributed by atoms with Gasteiger partial charge in [-0.05, 0) is 54.1 Å². The van der Waals surface area contributed by atoms with Crippen molar-refractivity contribution in [1.82, 2.24) is 9.97 Å². The Morgan fingerprint density at radius 3 is 2.39 bits per heavy atom. The van der Waals surface area contributed by atoms with Crippen molar-refractivity contribution in [3.8, 4) is 0 Å². The van der Waals surface area contributed by atoms with Crippen molar-refractivity contribution < 1.29 is 19.1 Å². The third-order valence-corrected chi connectivity index (χ3v) is 6.55. The van der Waals surface area contributed by atoms with Crippen LogP contribution in [-0.2, 0) is 14.3 Å². The molecule has 3 aromatic carbocycles. The molecule has 5 rings (SSSR count). The quantitative estimate of drug-likeness (QED) is 0.221. The number of anilines is 1. The molecule has 7 nitrogen and oxygen atoms in total. The van der Waals surface area contributed by atoms with Crippen LogP contribution < -0.4 is 5.32 Å². The zero-order valence-electron chi connectivity index (χ0n) is 20.6. The molecule has 0 spiro atoms. The Hall–Kier alpha value is -4.69. The minimum Gasteiger partial charge on any atom is -0.453 e. The van der Waals surface area contributed by atoms with E-state index in [1.807, 2.05) is 66.7 Å². The molecule has 1 aliphatic carbocycles. The average Bonchev–Trinajstić information content (AvgIpc) is 3.34. The lowest BCUT2D eigenvalue weighted by atomic mass is 9.86. The SMILES string of the molecule is C=CC(C1=CC(=O)C=CC1=O)c1ccccc1.COC(=O)Nc1nc2ccc(Sc3ccccc3)cc2[nH]1. The van der Waals surface area contributed by atoms with Crippen LogP contribution in [0, 0.1) is 0 Å². The number of amides is 1. The van der Waals surface area contributed by atoms with Crippen LogP contribution in [0.15, 0.2) is 125 Å². The number of nitrogens with zero attached hydrogens (tertiary/aromatic N) is 1. The largest absolute Gasteiger partial charge is 0.453 e. The fourth-order valence-electron chi connectivity index (χ4n) is 3.76. The van der Waals surface area contributed by atoms with Gasteiger partial charge in [-0.25, -0.2) is 9.78 Å². The predicted octanol–water partition coefficient (Wildman–Crippen LogP) is 6.48. The van der Waals surface area contributed by atoms with E-state index in [-0.39, 0.29) is 17.5 Å². The summed E-state index contributed by atoms with van der Waals surface area (Å²) in [5.41, 5.74) is 3.10. The number of fused-ring (bicyclic) bond motifs is 1. The Morgan fingerprint density at radius 2 is 1.71 bits per heavy atom. The van der Waals surface area contributed by atoms with Crippen LogP contribution in [0.4, 0.5) is 10.7 Å². The van der Waals surface area contributed by atoms with Gasteiger partial charge < -0.3 is 9.72 Å². The molecule has 0 bridgehead atoms. The molecule has 0 fully saturated rings. The van der Waals surface area contributed by atoms with Crippen LogP contribution in [0.25, 0.3) is 11.0 Å². The molecule has 1 aliphatic rings. The Labute approximate surface area is 224 Å². The number of imidazole rings is 1.